The Morgan fingerprint density at radius 1 is 1.20 bits per heavy atom. The Morgan fingerprint density at radius 2 is 2.00 bits per heavy atom. The van der Waals surface area contributed by atoms with Crippen molar-refractivity contribution in [1.29, 1.82) is 0 Å². The van der Waals surface area contributed by atoms with Gasteiger partial charge in [-0.3, -0.25) is 0 Å². The van der Waals surface area contributed by atoms with Gasteiger partial charge in [-0.15, -0.1) is 0 Å². The maximum Gasteiger partial charge on any atom is 0.240 e. The highest BCUT2D eigenvalue weighted by molar-refractivity contribution is 7.89. The average Bonchev–Trinajstić information content (AvgIpc) is 2.85. The lowest BCUT2D eigenvalue weighted by molar-refractivity contribution is 0.260. The summed E-state index contributed by atoms with van der Waals surface area (Å²) in [6, 6.07) is 7.18. The molecule has 1 unspecified atom stereocenters. The smallest absolute Gasteiger partial charge is 0.240 e. The molecule has 1 aliphatic carbocycles. The van der Waals surface area contributed by atoms with E-state index >= 15 is 0 Å². The van der Waals surface area contributed by atoms with Crippen LogP contribution in [0.1, 0.15) is 24.8 Å². The Bertz CT molecular complexity index is 585. The highest BCUT2D eigenvalue weighted by atomic mass is 32.2. The van der Waals surface area contributed by atoms with Crippen molar-refractivity contribution in [3.05, 3.63) is 29.8 Å². The molecule has 1 aromatic rings. The average molecular weight is 294 g/mol. The minimum atomic E-state index is -3.38. The van der Waals surface area contributed by atoms with E-state index in [1.165, 1.54) is 0 Å². The van der Waals surface area contributed by atoms with Crippen LogP contribution in [0.4, 0.5) is 0 Å². The van der Waals surface area contributed by atoms with Gasteiger partial charge in [0.1, 0.15) is 0 Å². The van der Waals surface area contributed by atoms with Crippen molar-refractivity contribution in [2.75, 3.05) is 13.1 Å². The first-order valence-electron chi connectivity index (χ1n) is 7.34. The first-order chi connectivity index (χ1) is 9.54. The number of aryl methyl sites for hydroxylation is 1. The predicted octanol–water partition coefficient (Wildman–Crippen LogP) is 1.66. The van der Waals surface area contributed by atoms with Gasteiger partial charge in [0.2, 0.25) is 10.0 Å². The molecule has 2 aliphatic rings. The Balaban J connectivity index is 1.70. The maximum absolute atomic E-state index is 12.4. The van der Waals surface area contributed by atoms with Crippen LogP contribution in [-0.2, 0) is 10.0 Å². The monoisotopic (exact) mass is 294 g/mol. The fraction of sp³-hybridized carbons (Fsp3) is 0.600. The zero-order valence-electron chi connectivity index (χ0n) is 11.8. The van der Waals surface area contributed by atoms with Crippen molar-refractivity contribution in [1.82, 2.24) is 10.0 Å². The summed E-state index contributed by atoms with van der Waals surface area (Å²) in [5.41, 5.74) is 0.969. The summed E-state index contributed by atoms with van der Waals surface area (Å²) < 4.78 is 27.7. The van der Waals surface area contributed by atoms with Crippen molar-refractivity contribution in [3.63, 3.8) is 0 Å². The third-order valence-electron chi connectivity index (χ3n) is 4.57. The van der Waals surface area contributed by atoms with Crippen LogP contribution in [0.25, 0.3) is 0 Å². The molecule has 0 amide bonds. The minimum absolute atomic E-state index is 0.0849. The Morgan fingerprint density at radius 3 is 2.80 bits per heavy atom. The van der Waals surface area contributed by atoms with Gasteiger partial charge in [0.05, 0.1) is 4.90 Å². The van der Waals surface area contributed by atoms with Crippen LogP contribution in [0.3, 0.4) is 0 Å². The second-order valence-electron chi connectivity index (χ2n) is 6.13. The molecule has 1 aliphatic heterocycles. The van der Waals surface area contributed by atoms with Crippen molar-refractivity contribution < 1.29 is 8.42 Å². The largest absolute Gasteiger partial charge is 0.316 e. The summed E-state index contributed by atoms with van der Waals surface area (Å²) in [6.45, 7) is 4.05. The topological polar surface area (TPSA) is 58.2 Å². The van der Waals surface area contributed by atoms with Gasteiger partial charge in [0.15, 0.2) is 0 Å². The van der Waals surface area contributed by atoms with E-state index in [1.807, 2.05) is 13.0 Å². The van der Waals surface area contributed by atoms with Crippen LogP contribution in [-0.4, -0.2) is 27.5 Å². The summed E-state index contributed by atoms with van der Waals surface area (Å²) in [4.78, 5) is 0.379. The van der Waals surface area contributed by atoms with Crippen LogP contribution >= 0.6 is 0 Å². The molecule has 110 valence electrons. The number of benzene rings is 1. The minimum Gasteiger partial charge on any atom is -0.316 e. The number of hydrogen-bond acceptors (Lipinski definition) is 3. The second kappa shape index (κ2) is 5.47. The van der Waals surface area contributed by atoms with E-state index < -0.39 is 10.0 Å². The lowest BCUT2D eigenvalue weighted by Gasteiger charge is -2.31. The van der Waals surface area contributed by atoms with Gasteiger partial charge in [0, 0.05) is 6.04 Å². The maximum atomic E-state index is 12.4. The molecule has 0 aromatic heterocycles. The molecule has 2 fully saturated rings. The first kappa shape index (κ1) is 14.0. The molecule has 3 rings (SSSR count). The van der Waals surface area contributed by atoms with Gasteiger partial charge in [0.25, 0.3) is 0 Å². The van der Waals surface area contributed by atoms with Crippen molar-refractivity contribution in [2.24, 2.45) is 11.8 Å². The van der Waals surface area contributed by atoms with E-state index in [4.69, 9.17) is 0 Å². The van der Waals surface area contributed by atoms with Crippen LogP contribution < -0.4 is 10.0 Å². The van der Waals surface area contributed by atoms with Crippen molar-refractivity contribution in [2.45, 2.75) is 37.1 Å². The quantitative estimate of drug-likeness (QED) is 0.891. The summed E-state index contributed by atoms with van der Waals surface area (Å²) in [5, 5.41) is 3.41. The van der Waals surface area contributed by atoms with E-state index in [1.54, 1.807) is 18.2 Å². The molecule has 2 N–H and O–H groups in total. The van der Waals surface area contributed by atoms with E-state index in [0.29, 0.717) is 10.8 Å². The van der Waals surface area contributed by atoms with Gasteiger partial charge < -0.3 is 5.32 Å². The summed E-state index contributed by atoms with van der Waals surface area (Å²) in [6.07, 6.45) is 3.04. The normalized spacial score (nSPS) is 30.1. The van der Waals surface area contributed by atoms with E-state index in [9.17, 15) is 8.42 Å². The third kappa shape index (κ3) is 2.90. The molecule has 1 saturated heterocycles. The number of nitrogens with one attached hydrogen (secondary N) is 2. The van der Waals surface area contributed by atoms with Crippen molar-refractivity contribution in [3.8, 4) is 0 Å². The fourth-order valence-electron chi connectivity index (χ4n) is 3.48. The summed E-state index contributed by atoms with van der Waals surface area (Å²) >= 11 is 0. The predicted molar refractivity (Wildman–Crippen MR) is 79.0 cm³/mol. The molecule has 0 spiro atoms. The lowest BCUT2D eigenvalue weighted by Crippen LogP contribution is -2.40. The highest BCUT2D eigenvalue weighted by Gasteiger charge is 2.35. The zero-order valence-corrected chi connectivity index (χ0v) is 12.6. The molecular formula is C15H22N2O2S. The highest BCUT2D eigenvalue weighted by Crippen LogP contribution is 2.33. The fourth-order valence-corrected chi connectivity index (χ4v) is 4.86. The molecule has 1 saturated carbocycles. The van der Waals surface area contributed by atoms with Gasteiger partial charge in [-0.05, 0) is 68.8 Å². The Hall–Kier alpha value is -0.910. The van der Waals surface area contributed by atoms with Gasteiger partial charge in [-0.2, -0.15) is 0 Å². The molecule has 20 heavy (non-hydrogen) atoms. The van der Waals surface area contributed by atoms with Crippen LogP contribution in [0.2, 0.25) is 0 Å². The van der Waals surface area contributed by atoms with Gasteiger partial charge >= 0.3 is 0 Å². The van der Waals surface area contributed by atoms with Gasteiger partial charge in [-0.1, -0.05) is 12.1 Å². The van der Waals surface area contributed by atoms with E-state index in [-0.39, 0.29) is 6.04 Å². The molecule has 5 heteroatoms. The van der Waals surface area contributed by atoms with E-state index in [0.717, 1.165) is 43.8 Å². The molecule has 4 nitrogen and oxygen atoms in total. The Labute approximate surface area is 121 Å². The van der Waals surface area contributed by atoms with Crippen LogP contribution in [0.15, 0.2) is 29.2 Å². The van der Waals surface area contributed by atoms with Crippen LogP contribution in [0.5, 0.6) is 0 Å². The third-order valence-corrected chi connectivity index (χ3v) is 6.09. The summed E-state index contributed by atoms with van der Waals surface area (Å²) in [7, 11) is -3.38. The Kier molecular flexibility index (Phi) is 3.84. The standard InChI is InChI=1S/C15H22N2O2S/c1-11-3-2-4-15(7-11)20(18,19)17-14-6-5-12-9-16-10-13(12)8-14/h2-4,7,12-14,16-17H,5-6,8-10H2,1H3/t12-,13+,14?/m0/s1. The molecule has 1 heterocycles. The lowest BCUT2D eigenvalue weighted by atomic mass is 9.79. The van der Waals surface area contributed by atoms with E-state index in [2.05, 4.69) is 10.0 Å². The van der Waals surface area contributed by atoms with Crippen LogP contribution in [0, 0.1) is 18.8 Å². The van der Waals surface area contributed by atoms with Crippen molar-refractivity contribution >= 4 is 10.0 Å². The number of rotatable bonds is 3. The number of fused-ring (bicyclic) bond motifs is 1. The van der Waals surface area contributed by atoms with Gasteiger partial charge in [-0.25, -0.2) is 13.1 Å². The molecular weight excluding hydrogens is 272 g/mol. The summed E-state index contributed by atoms with van der Waals surface area (Å²) in [5.74, 6) is 1.38. The second-order valence-corrected chi connectivity index (χ2v) is 7.84. The zero-order chi connectivity index (χ0) is 14.2. The molecule has 0 bridgehead atoms. The number of sulfonamides is 1. The SMILES string of the molecule is Cc1cccc(S(=O)(=O)NC2CC[C@H]3CNC[C@H]3C2)c1. The first-order valence-corrected chi connectivity index (χ1v) is 8.82. The molecule has 3 atom stereocenters. The molecule has 1 aromatic carbocycles. The number of hydrogen-bond donors (Lipinski definition) is 2. The molecule has 0 radical (unpaired) electrons.